The zero-order valence-electron chi connectivity index (χ0n) is 15.4. The highest BCUT2D eigenvalue weighted by atomic mass is 32.2. The normalized spacial score (nSPS) is 15.1. The second-order valence-corrected chi connectivity index (χ2v) is 7.39. The average Bonchev–Trinajstić information content (AvgIpc) is 2.96. The minimum absolute atomic E-state index is 0.205. The number of carbonyl (C=O) groups is 2. The number of hydrogen-bond acceptors (Lipinski definition) is 7. The number of carbonyl (C=O) groups excluding carboxylic acids is 2. The summed E-state index contributed by atoms with van der Waals surface area (Å²) in [5.41, 5.74) is 1.40. The Morgan fingerprint density at radius 3 is 2.39 bits per heavy atom. The fourth-order valence-electron chi connectivity index (χ4n) is 2.59. The van der Waals surface area contributed by atoms with E-state index in [1.807, 2.05) is 0 Å². The van der Waals surface area contributed by atoms with E-state index >= 15 is 0 Å². The molecule has 1 aliphatic rings. The van der Waals surface area contributed by atoms with Gasteiger partial charge in [0.25, 0.3) is 5.91 Å². The number of benzene rings is 2. The van der Waals surface area contributed by atoms with Crippen LogP contribution in [0.25, 0.3) is 6.08 Å². The molecule has 3 rings (SSSR count). The third kappa shape index (κ3) is 4.18. The Balaban J connectivity index is 1.87. The molecule has 0 saturated carbocycles. The van der Waals surface area contributed by atoms with Crippen LogP contribution in [0.4, 0.5) is 5.69 Å². The van der Waals surface area contributed by atoms with Crippen LogP contribution in [0, 0.1) is 0 Å². The average molecular weight is 415 g/mol. The van der Waals surface area contributed by atoms with Gasteiger partial charge in [0.05, 0.1) is 24.8 Å². The summed E-state index contributed by atoms with van der Waals surface area (Å²) in [5.74, 6) is 0.770. The monoisotopic (exact) mass is 415 g/mol. The van der Waals surface area contributed by atoms with E-state index in [-0.39, 0.29) is 5.91 Å². The van der Waals surface area contributed by atoms with Crippen molar-refractivity contribution in [3.05, 3.63) is 52.9 Å². The van der Waals surface area contributed by atoms with Crippen LogP contribution in [0.3, 0.4) is 0 Å². The van der Waals surface area contributed by atoms with Gasteiger partial charge >= 0.3 is 5.97 Å². The van der Waals surface area contributed by atoms with Crippen molar-refractivity contribution in [3.63, 3.8) is 0 Å². The second-order valence-electron chi connectivity index (χ2n) is 5.72. The van der Waals surface area contributed by atoms with Crippen LogP contribution in [0.2, 0.25) is 0 Å². The van der Waals surface area contributed by atoms with E-state index in [9.17, 15) is 9.59 Å². The first-order valence-corrected chi connectivity index (χ1v) is 9.44. The number of nitrogens with zero attached hydrogens (tertiary/aromatic N) is 1. The first kappa shape index (κ1) is 19.9. The molecule has 2 aromatic rings. The molecule has 144 valence electrons. The van der Waals surface area contributed by atoms with Gasteiger partial charge in [-0.05, 0) is 48.0 Å². The number of esters is 1. The highest BCUT2D eigenvalue weighted by Crippen LogP contribution is 2.37. The van der Waals surface area contributed by atoms with Gasteiger partial charge < -0.3 is 14.2 Å². The summed E-state index contributed by atoms with van der Waals surface area (Å²) < 4.78 is 16.0. The molecule has 8 heteroatoms. The fourth-order valence-corrected chi connectivity index (χ4v) is 3.89. The van der Waals surface area contributed by atoms with Gasteiger partial charge in [0.2, 0.25) is 0 Å². The van der Waals surface area contributed by atoms with Crippen LogP contribution in [-0.2, 0) is 9.59 Å². The molecule has 0 radical (unpaired) electrons. The van der Waals surface area contributed by atoms with Gasteiger partial charge in [0.1, 0.15) is 5.75 Å². The predicted molar refractivity (Wildman–Crippen MR) is 113 cm³/mol. The van der Waals surface area contributed by atoms with Crippen molar-refractivity contribution in [2.45, 2.75) is 6.92 Å². The lowest BCUT2D eigenvalue weighted by Gasteiger charge is -2.14. The van der Waals surface area contributed by atoms with Crippen molar-refractivity contribution in [2.24, 2.45) is 0 Å². The van der Waals surface area contributed by atoms with Crippen molar-refractivity contribution in [1.82, 2.24) is 0 Å². The van der Waals surface area contributed by atoms with Gasteiger partial charge in [-0.25, -0.2) is 0 Å². The number of thiocarbonyl (C=S) groups is 1. The van der Waals surface area contributed by atoms with Gasteiger partial charge in [-0.15, -0.1) is 0 Å². The van der Waals surface area contributed by atoms with Crippen LogP contribution in [0.15, 0.2) is 47.4 Å². The van der Waals surface area contributed by atoms with Gasteiger partial charge in [-0.3, -0.25) is 14.5 Å². The van der Waals surface area contributed by atoms with E-state index < -0.39 is 5.97 Å². The summed E-state index contributed by atoms with van der Waals surface area (Å²) in [6, 6.07) is 12.2. The molecular formula is C20H17NO5S2. The molecule has 0 aliphatic carbocycles. The molecule has 0 spiro atoms. The Morgan fingerprint density at radius 1 is 1.07 bits per heavy atom. The Morgan fingerprint density at radius 2 is 1.79 bits per heavy atom. The van der Waals surface area contributed by atoms with Crippen molar-refractivity contribution in [3.8, 4) is 17.2 Å². The molecule has 1 fully saturated rings. The molecule has 0 atom stereocenters. The van der Waals surface area contributed by atoms with Crippen molar-refractivity contribution in [1.29, 1.82) is 0 Å². The summed E-state index contributed by atoms with van der Waals surface area (Å²) in [6.07, 6.45) is 1.73. The van der Waals surface area contributed by atoms with Gasteiger partial charge in [0.15, 0.2) is 15.8 Å². The SMILES string of the molecule is COc1ccc(N2C(=O)/C(=C\c3ccc(OC(C)=O)c(OC)c3)SC2=S)cc1. The zero-order chi connectivity index (χ0) is 20.3. The maximum atomic E-state index is 12.9. The molecule has 28 heavy (non-hydrogen) atoms. The lowest BCUT2D eigenvalue weighted by Crippen LogP contribution is -2.27. The Bertz CT molecular complexity index is 969. The largest absolute Gasteiger partial charge is 0.497 e. The number of hydrogen-bond donors (Lipinski definition) is 0. The molecule has 0 bridgehead atoms. The Hall–Kier alpha value is -2.84. The number of rotatable bonds is 5. The summed E-state index contributed by atoms with van der Waals surface area (Å²) in [6.45, 7) is 1.32. The van der Waals surface area contributed by atoms with E-state index in [1.54, 1.807) is 55.7 Å². The summed E-state index contributed by atoms with van der Waals surface area (Å²) in [5, 5.41) is 0. The van der Waals surface area contributed by atoms with Crippen molar-refractivity contribution in [2.75, 3.05) is 19.1 Å². The van der Waals surface area contributed by atoms with Crippen molar-refractivity contribution < 1.29 is 23.8 Å². The minimum Gasteiger partial charge on any atom is -0.497 e. The summed E-state index contributed by atoms with van der Waals surface area (Å²) in [4.78, 5) is 26.0. The van der Waals surface area contributed by atoms with E-state index in [4.69, 9.17) is 26.4 Å². The highest BCUT2D eigenvalue weighted by molar-refractivity contribution is 8.27. The zero-order valence-corrected chi connectivity index (χ0v) is 17.1. The number of methoxy groups -OCH3 is 2. The third-order valence-electron chi connectivity index (χ3n) is 3.86. The number of amides is 1. The molecule has 6 nitrogen and oxygen atoms in total. The highest BCUT2D eigenvalue weighted by Gasteiger charge is 2.33. The number of anilines is 1. The number of ether oxygens (including phenoxy) is 3. The third-order valence-corrected chi connectivity index (χ3v) is 5.17. The molecule has 1 saturated heterocycles. The van der Waals surface area contributed by atoms with Crippen LogP contribution in [-0.4, -0.2) is 30.4 Å². The van der Waals surface area contributed by atoms with Crippen LogP contribution >= 0.6 is 24.0 Å². The smallest absolute Gasteiger partial charge is 0.308 e. The van der Waals surface area contributed by atoms with Gasteiger partial charge in [-0.1, -0.05) is 30.0 Å². The van der Waals surface area contributed by atoms with Crippen molar-refractivity contribution >= 4 is 51.9 Å². The fraction of sp³-hybridized carbons (Fsp3) is 0.150. The molecule has 1 aliphatic heterocycles. The van der Waals surface area contributed by atoms with E-state index in [0.29, 0.717) is 32.2 Å². The summed E-state index contributed by atoms with van der Waals surface area (Å²) in [7, 11) is 3.06. The first-order chi connectivity index (χ1) is 13.4. The molecule has 0 unspecified atom stereocenters. The van der Waals surface area contributed by atoms with Gasteiger partial charge in [-0.2, -0.15) is 0 Å². The second kappa shape index (κ2) is 8.45. The topological polar surface area (TPSA) is 65.1 Å². The quantitative estimate of drug-likeness (QED) is 0.316. The molecular weight excluding hydrogens is 398 g/mol. The van der Waals surface area contributed by atoms with E-state index in [1.165, 1.54) is 30.7 Å². The molecule has 1 heterocycles. The minimum atomic E-state index is -0.439. The molecule has 0 aromatic heterocycles. The van der Waals surface area contributed by atoms with Crippen LogP contribution < -0.4 is 19.1 Å². The summed E-state index contributed by atoms with van der Waals surface area (Å²) >= 11 is 6.61. The molecule has 0 N–H and O–H groups in total. The maximum Gasteiger partial charge on any atom is 0.308 e. The van der Waals surface area contributed by atoms with E-state index in [0.717, 1.165) is 5.56 Å². The lowest BCUT2D eigenvalue weighted by molar-refractivity contribution is -0.132. The van der Waals surface area contributed by atoms with E-state index in [2.05, 4.69) is 0 Å². The van der Waals surface area contributed by atoms with Crippen LogP contribution in [0.1, 0.15) is 12.5 Å². The first-order valence-electron chi connectivity index (χ1n) is 8.21. The number of thioether (sulfide) groups is 1. The maximum absolute atomic E-state index is 12.9. The molecule has 1 amide bonds. The Labute approximate surface area is 172 Å². The molecule has 2 aromatic carbocycles. The Kier molecular flexibility index (Phi) is 6.01. The predicted octanol–water partition coefficient (Wildman–Crippen LogP) is 4.03. The van der Waals surface area contributed by atoms with Crippen LogP contribution in [0.5, 0.6) is 17.2 Å². The lowest BCUT2D eigenvalue weighted by atomic mass is 10.2. The van der Waals surface area contributed by atoms with Gasteiger partial charge in [0, 0.05) is 6.92 Å². The standard InChI is InChI=1S/C20H17NO5S2/c1-12(22)26-16-9-4-13(10-17(16)25-3)11-18-19(23)21(20(27)28-18)14-5-7-15(24-2)8-6-14/h4-11H,1-3H3/b18-11+.